The van der Waals surface area contributed by atoms with Gasteiger partial charge in [0.25, 0.3) is 0 Å². The molecule has 15 heteroatoms. The minimum Gasteiger partial charge on any atom is -0.376 e. The number of thiol groups is 1. The van der Waals surface area contributed by atoms with E-state index in [0.717, 1.165) is 34.8 Å². The summed E-state index contributed by atoms with van der Waals surface area (Å²) >= 11 is 4.28. The zero-order chi connectivity index (χ0) is 31.1. The molecule has 1 saturated heterocycles. The van der Waals surface area contributed by atoms with Crippen molar-refractivity contribution < 1.29 is 39.5 Å². The molecule has 0 radical (unpaired) electrons. The Balaban J connectivity index is 1.74. The number of anilines is 2. The summed E-state index contributed by atoms with van der Waals surface area (Å²) in [5, 5.41) is 10.1. The highest BCUT2D eigenvalue weighted by molar-refractivity contribution is 7.92. The molecule has 3 aromatic rings. The first-order valence-corrected chi connectivity index (χ1v) is 16.3. The number of halogens is 4. The molecule has 3 aromatic carbocycles. The van der Waals surface area contributed by atoms with E-state index in [2.05, 4.69) is 12.6 Å². The van der Waals surface area contributed by atoms with Gasteiger partial charge in [-0.15, -0.1) is 12.6 Å². The quantitative estimate of drug-likeness (QED) is 0.281. The predicted molar refractivity (Wildman–Crippen MR) is 154 cm³/mol. The van der Waals surface area contributed by atoms with Crippen LogP contribution in [0.2, 0.25) is 0 Å². The lowest BCUT2D eigenvalue weighted by atomic mass is 9.95. The molecular weight excluding hydrogens is 619 g/mol. The maximum absolute atomic E-state index is 13.6. The SMILES string of the molecule is CC(O)(c1ccc(N2CCN(S(=O)(=O)c3ccccc3S)C[C@@H]2CN(c2ccc(F)cc2)S(C)(=O)=O)cc1)C(F)(F)F. The summed E-state index contributed by atoms with van der Waals surface area (Å²) in [6.45, 7) is 0.244. The Hall–Kier alpha value is -2.85. The molecule has 0 aromatic heterocycles. The molecule has 1 N–H and O–H groups in total. The van der Waals surface area contributed by atoms with Crippen LogP contribution < -0.4 is 9.21 Å². The third kappa shape index (κ3) is 6.54. The molecular formula is C27H29F4N3O5S3. The maximum Gasteiger partial charge on any atom is 0.421 e. The molecule has 0 spiro atoms. The summed E-state index contributed by atoms with van der Waals surface area (Å²) < 4.78 is 109. The van der Waals surface area contributed by atoms with Crippen LogP contribution in [0.3, 0.4) is 0 Å². The number of aliphatic hydroxyl groups is 1. The molecule has 0 aliphatic carbocycles. The van der Waals surface area contributed by atoms with Crippen molar-refractivity contribution in [3.63, 3.8) is 0 Å². The number of sulfonamides is 2. The third-order valence-corrected chi connectivity index (χ3v) is 10.8. The van der Waals surface area contributed by atoms with Gasteiger partial charge in [-0.25, -0.2) is 21.2 Å². The first-order chi connectivity index (χ1) is 19.4. The predicted octanol–water partition coefficient (Wildman–Crippen LogP) is 4.23. The molecule has 2 atom stereocenters. The Bertz CT molecular complexity index is 1630. The molecule has 1 fully saturated rings. The van der Waals surface area contributed by atoms with E-state index in [1.165, 1.54) is 40.7 Å². The lowest BCUT2D eigenvalue weighted by molar-refractivity contribution is -0.258. The number of piperazine rings is 1. The highest BCUT2D eigenvalue weighted by Crippen LogP contribution is 2.39. The maximum atomic E-state index is 13.6. The molecule has 1 heterocycles. The fourth-order valence-corrected chi connectivity index (χ4v) is 7.73. The topological polar surface area (TPSA) is 98.2 Å². The third-order valence-electron chi connectivity index (χ3n) is 7.13. The first-order valence-electron chi connectivity index (χ1n) is 12.6. The molecule has 42 heavy (non-hydrogen) atoms. The summed E-state index contributed by atoms with van der Waals surface area (Å²) in [6.07, 6.45) is -3.96. The summed E-state index contributed by atoms with van der Waals surface area (Å²) in [7, 11) is -8.00. The molecule has 228 valence electrons. The van der Waals surface area contributed by atoms with Crippen molar-refractivity contribution in [1.82, 2.24) is 4.31 Å². The van der Waals surface area contributed by atoms with Crippen molar-refractivity contribution in [3.8, 4) is 0 Å². The van der Waals surface area contributed by atoms with Crippen molar-refractivity contribution in [3.05, 3.63) is 84.2 Å². The van der Waals surface area contributed by atoms with Crippen LogP contribution >= 0.6 is 12.6 Å². The Morgan fingerprint density at radius 2 is 1.55 bits per heavy atom. The molecule has 1 aliphatic rings. The smallest absolute Gasteiger partial charge is 0.376 e. The van der Waals surface area contributed by atoms with Crippen molar-refractivity contribution in [1.29, 1.82) is 0 Å². The van der Waals surface area contributed by atoms with Crippen LogP contribution in [-0.4, -0.2) is 70.9 Å². The zero-order valence-corrected chi connectivity index (χ0v) is 25.1. The average Bonchev–Trinajstić information content (AvgIpc) is 2.91. The van der Waals surface area contributed by atoms with Crippen molar-refractivity contribution in [2.24, 2.45) is 0 Å². The molecule has 8 nitrogen and oxygen atoms in total. The van der Waals surface area contributed by atoms with Gasteiger partial charge in [-0.05, 0) is 61.0 Å². The van der Waals surface area contributed by atoms with Gasteiger partial charge in [0, 0.05) is 30.2 Å². The Labute approximate surface area is 247 Å². The van der Waals surface area contributed by atoms with Crippen molar-refractivity contribution in [2.45, 2.75) is 34.5 Å². The van der Waals surface area contributed by atoms with E-state index < -0.39 is 49.2 Å². The van der Waals surface area contributed by atoms with E-state index in [-0.39, 0.29) is 41.7 Å². The van der Waals surface area contributed by atoms with Gasteiger partial charge in [0.2, 0.25) is 20.0 Å². The van der Waals surface area contributed by atoms with Gasteiger partial charge in [0.1, 0.15) is 5.82 Å². The van der Waals surface area contributed by atoms with Gasteiger partial charge in [0.05, 0.1) is 29.4 Å². The van der Waals surface area contributed by atoms with Crippen molar-refractivity contribution >= 4 is 44.1 Å². The number of rotatable bonds is 8. The highest BCUT2D eigenvalue weighted by Gasteiger charge is 2.51. The van der Waals surface area contributed by atoms with Gasteiger partial charge < -0.3 is 10.0 Å². The molecule has 1 unspecified atom stereocenters. The summed E-state index contributed by atoms with van der Waals surface area (Å²) in [6, 6.07) is 15.0. The van der Waals surface area contributed by atoms with Gasteiger partial charge >= 0.3 is 6.18 Å². The average molecular weight is 648 g/mol. The molecule has 0 saturated carbocycles. The second kappa shape index (κ2) is 11.7. The van der Waals surface area contributed by atoms with Crippen LogP contribution in [0.15, 0.2) is 82.6 Å². The van der Waals surface area contributed by atoms with E-state index >= 15 is 0 Å². The second-order valence-corrected chi connectivity index (χ2v) is 14.4. The van der Waals surface area contributed by atoms with Crippen LogP contribution in [0.1, 0.15) is 12.5 Å². The van der Waals surface area contributed by atoms with Gasteiger partial charge in [-0.3, -0.25) is 4.31 Å². The monoisotopic (exact) mass is 647 g/mol. The fourth-order valence-electron chi connectivity index (χ4n) is 4.73. The number of alkyl halides is 3. The van der Waals surface area contributed by atoms with E-state index in [1.807, 2.05) is 0 Å². The number of benzene rings is 3. The first kappa shape index (κ1) is 32.1. The fraction of sp³-hybridized carbons (Fsp3) is 0.333. The second-order valence-electron chi connectivity index (χ2n) is 10.1. The number of hydrogen-bond donors (Lipinski definition) is 2. The Morgan fingerprint density at radius 3 is 2.10 bits per heavy atom. The van der Waals surface area contributed by atoms with Crippen LogP contribution in [0.5, 0.6) is 0 Å². The minimum atomic E-state index is -4.93. The van der Waals surface area contributed by atoms with E-state index in [9.17, 15) is 39.5 Å². The van der Waals surface area contributed by atoms with Crippen LogP contribution in [0.4, 0.5) is 28.9 Å². The Morgan fingerprint density at radius 1 is 0.952 bits per heavy atom. The van der Waals surface area contributed by atoms with E-state index in [0.29, 0.717) is 12.6 Å². The highest BCUT2D eigenvalue weighted by atomic mass is 32.2. The summed E-state index contributed by atoms with van der Waals surface area (Å²) in [5.74, 6) is -0.580. The molecule has 0 amide bonds. The van der Waals surface area contributed by atoms with Crippen LogP contribution in [0, 0.1) is 5.82 Å². The normalized spacial score (nSPS) is 18.5. The van der Waals surface area contributed by atoms with E-state index in [4.69, 9.17) is 0 Å². The lowest BCUT2D eigenvalue weighted by Gasteiger charge is -2.44. The standard InChI is InChI=1S/C27H29F4N3O5S3/c1-26(35,27(29,30)31)19-7-11-21(12-8-19)33-16-15-32(42(38,39)25-6-4-3-5-24(25)40)17-23(33)18-34(41(2,36)37)22-13-9-20(28)10-14-22/h3-14,23,35,40H,15-18H2,1-2H3/t23-,26?/m1/s1. The van der Waals surface area contributed by atoms with Crippen LogP contribution in [-0.2, 0) is 25.6 Å². The summed E-state index contributed by atoms with van der Waals surface area (Å²) in [4.78, 5) is 1.90. The molecule has 1 aliphatic heterocycles. The van der Waals surface area contributed by atoms with Crippen LogP contribution in [0.25, 0.3) is 0 Å². The van der Waals surface area contributed by atoms with Gasteiger partial charge in [0.15, 0.2) is 5.60 Å². The molecule has 4 rings (SSSR count). The van der Waals surface area contributed by atoms with E-state index in [1.54, 1.807) is 17.0 Å². The largest absolute Gasteiger partial charge is 0.421 e. The van der Waals surface area contributed by atoms with Crippen molar-refractivity contribution in [2.75, 3.05) is 41.6 Å². The number of hydrogen-bond acceptors (Lipinski definition) is 7. The van der Waals surface area contributed by atoms with Gasteiger partial charge in [-0.1, -0.05) is 24.3 Å². The number of nitrogens with zero attached hydrogens (tertiary/aromatic N) is 3. The lowest BCUT2D eigenvalue weighted by Crippen LogP contribution is -2.59. The summed E-state index contributed by atoms with van der Waals surface area (Å²) in [5.41, 5.74) is -2.96. The van der Waals surface area contributed by atoms with Gasteiger partial charge in [-0.2, -0.15) is 17.5 Å². The zero-order valence-electron chi connectivity index (χ0n) is 22.5. The minimum absolute atomic E-state index is 0.0155. The Kier molecular flexibility index (Phi) is 8.92. The molecule has 0 bridgehead atoms.